The second kappa shape index (κ2) is 7.13. The molecule has 5 nitrogen and oxygen atoms in total. The molecule has 0 atom stereocenters. The maximum absolute atomic E-state index is 12.7. The van der Waals surface area contributed by atoms with Gasteiger partial charge in [-0.1, -0.05) is 12.1 Å². The van der Waals surface area contributed by atoms with Crippen LogP contribution in [0.5, 0.6) is 0 Å². The highest BCUT2D eigenvalue weighted by Gasteiger charge is 2.23. The molecule has 0 spiro atoms. The Hall–Kier alpha value is -2.21. The smallest absolute Gasteiger partial charge is 0.255 e. The lowest BCUT2D eigenvalue weighted by atomic mass is 10.1. The molecule has 0 aliphatic carbocycles. The number of aryl methyl sites for hydroxylation is 2. The number of nitrogens with zero attached hydrogens (tertiary/aromatic N) is 2. The van der Waals surface area contributed by atoms with E-state index < -0.39 is 0 Å². The Kier molecular flexibility index (Phi) is 4.94. The van der Waals surface area contributed by atoms with E-state index in [-0.39, 0.29) is 18.2 Å². The molecule has 2 heterocycles. The van der Waals surface area contributed by atoms with Crippen molar-refractivity contribution in [1.82, 2.24) is 9.88 Å². The van der Waals surface area contributed by atoms with Crippen LogP contribution in [0.1, 0.15) is 39.5 Å². The van der Waals surface area contributed by atoms with Crippen LogP contribution in [0.25, 0.3) is 0 Å². The summed E-state index contributed by atoms with van der Waals surface area (Å²) in [4.78, 5) is 31.3. The van der Waals surface area contributed by atoms with Crippen molar-refractivity contribution in [2.45, 2.75) is 33.1 Å². The van der Waals surface area contributed by atoms with Gasteiger partial charge >= 0.3 is 0 Å². The number of benzene rings is 1. The lowest BCUT2D eigenvalue weighted by Gasteiger charge is -2.19. The van der Waals surface area contributed by atoms with E-state index in [9.17, 15) is 9.59 Å². The van der Waals surface area contributed by atoms with Gasteiger partial charge in [-0.2, -0.15) is 0 Å². The summed E-state index contributed by atoms with van der Waals surface area (Å²) in [5.41, 5.74) is 2.84. The van der Waals surface area contributed by atoms with Gasteiger partial charge < -0.3 is 10.2 Å². The van der Waals surface area contributed by atoms with Gasteiger partial charge in [-0.15, -0.1) is 11.3 Å². The highest BCUT2D eigenvalue weighted by atomic mass is 32.1. The van der Waals surface area contributed by atoms with Gasteiger partial charge in [0.1, 0.15) is 0 Å². The zero-order valence-corrected chi connectivity index (χ0v) is 14.8. The molecule has 126 valence electrons. The van der Waals surface area contributed by atoms with Gasteiger partial charge in [-0.25, -0.2) is 4.98 Å². The summed E-state index contributed by atoms with van der Waals surface area (Å²) < 4.78 is 0. The van der Waals surface area contributed by atoms with Crippen LogP contribution in [0, 0.1) is 13.8 Å². The Balaban J connectivity index is 1.79. The topological polar surface area (TPSA) is 62.3 Å². The molecule has 1 fully saturated rings. The average molecular weight is 343 g/mol. The van der Waals surface area contributed by atoms with E-state index in [1.807, 2.05) is 36.3 Å². The Bertz CT molecular complexity index is 763. The third-order valence-electron chi connectivity index (χ3n) is 4.17. The summed E-state index contributed by atoms with van der Waals surface area (Å²) in [7, 11) is 0. The number of thiazole rings is 1. The Morgan fingerprint density at radius 3 is 2.67 bits per heavy atom. The largest absolute Gasteiger partial charge is 0.339 e. The number of carbonyl (C=O) groups excluding carboxylic acids is 2. The van der Waals surface area contributed by atoms with Crippen LogP contribution < -0.4 is 5.32 Å². The molecular weight excluding hydrogens is 322 g/mol. The zero-order valence-electron chi connectivity index (χ0n) is 14.0. The molecule has 3 rings (SSSR count). The molecule has 2 amide bonds. The third-order valence-corrected chi connectivity index (χ3v) is 4.99. The first kappa shape index (κ1) is 16.6. The predicted octanol–water partition coefficient (Wildman–Crippen LogP) is 3.18. The van der Waals surface area contributed by atoms with Crippen molar-refractivity contribution in [2.75, 3.05) is 18.4 Å². The first-order chi connectivity index (χ1) is 11.5. The van der Waals surface area contributed by atoms with Crippen LogP contribution >= 0.6 is 11.3 Å². The number of carbonyl (C=O) groups is 2. The molecular formula is C18H21N3O2S. The monoisotopic (exact) mass is 343 g/mol. The molecule has 1 aromatic carbocycles. The predicted molar refractivity (Wildman–Crippen MR) is 95.5 cm³/mol. The Labute approximate surface area is 145 Å². The molecule has 0 saturated carbocycles. The number of para-hydroxylation sites is 1. The minimum atomic E-state index is -0.148. The Morgan fingerprint density at radius 2 is 2.00 bits per heavy atom. The number of hydrogen-bond donors (Lipinski definition) is 1. The number of amides is 2. The van der Waals surface area contributed by atoms with E-state index in [2.05, 4.69) is 10.3 Å². The van der Waals surface area contributed by atoms with Crippen molar-refractivity contribution < 1.29 is 9.59 Å². The van der Waals surface area contributed by atoms with E-state index >= 15 is 0 Å². The van der Waals surface area contributed by atoms with E-state index in [0.717, 1.165) is 42.2 Å². The summed E-state index contributed by atoms with van der Waals surface area (Å²) in [6.07, 6.45) is 2.31. The molecule has 0 bridgehead atoms. The molecule has 6 heteroatoms. The highest BCUT2D eigenvalue weighted by Crippen LogP contribution is 2.24. The standard InChI is InChI=1S/C18H21N3O2S/c1-12-6-5-7-15(18(23)21-8-3-4-9-21)17(12)20-16(22)10-14-11-24-13(2)19-14/h5-7,11H,3-4,8-10H2,1-2H3,(H,20,22). The van der Waals surface area contributed by atoms with E-state index in [4.69, 9.17) is 0 Å². The average Bonchev–Trinajstić information content (AvgIpc) is 3.20. The molecule has 1 aromatic heterocycles. The van der Waals surface area contributed by atoms with Crippen LogP contribution in [0.15, 0.2) is 23.6 Å². The summed E-state index contributed by atoms with van der Waals surface area (Å²) >= 11 is 1.53. The second-order valence-corrected chi connectivity index (χ2v) is 7.14. The van der Waals surface area contributed by atoms with Gasteiger partial charge in [0.05, 0.1) is 28.4 Å². The summed E-state index contributed by atoms with van der Waals surface area (Å²) in [5, 5.41) is 5.75. The van der Waals surface area contributed by atoms with Crippen LogP contribution in [-0.2, 0) is 11.2 Å². The van der Waals surface area contributed by atoms with Crippen molar-refractivity contribution in [1.29, 1.82) is 0 Å². The zero-order chi connectivity index (χ0) is 17.1. The van der Waals surface area contributed by atoms with Gasteiger partial charge in [-0.05, 0) is 38.3 Å². The number of nitrogens with one attached hydrogen (secondary N) is 1. The van der Waals surface area contributed by atoms with Crippen molar-refractivity contribution in [3.63, 3.8) is 0 Å². The molecule has 0 unspecified atom stereocenters. The number of anilines is 1. The first-order valence-corrected chi connectivity index (χ1v) is 9.02. The van der Waals surface area contributed by atoms with E-state index in [1.54, 1.807) is 6.07 Å². The maximum Gasteiger partial charge on any atom is 0.255 e. The van der Waals surface area contributed by atoms with Gasteiger partial charge in [0.2, 0.25) is 5.91 Å². The SMILES string of the molecule is Cc1nc(CC(=O)Nc2c(C)cccc2C(=O)N2CCCC2)cs1. The number of aromatic nitrogens is 1. The maximum atomic E-state index is 12.7. The first-order valence-electron chi connectivity index (χ1n) is 8.14. The number of likely N-dealkylation sites (tertiary alicyclic amines) is 1. The fraction of sp³-hybridized carbons (Fsp3) is 0.389. The normalized spacial score (nSPS) is 14.0. The van der Waals surface area contributed by atoms with Gasteiger partial charge in [0.15, 0.2) is 0 Å². The molecule has 1 saturated heterocycles. The van der Waals surface area contributed by atoms with Crippen LogP contribution in [0.3, 0.4) is 0 Å². The molecule has 2 aromatic rings. The number of rotatable bonds is 4. The third kappa shape index (κ3) is 3.64. The molecule has 1 aliphatic rings. The minimum absolute atomic E-state index is 0.00370. The van der Waals surface area contributed by atoms with Crippen molar-refractivity contribution >= 4 is 28.8 Å². The van der Waals surface area contributed by atoms with E-state index in [0.29, 0.717) is 11.3 Å². The van der Waals surface area contributed by atoms with E-state index in [1.165, 1.54) is 11.3 Å². The van der Waals surface area contributed by atoms with Gasteiger partial charge in [-0.3, -0.25) is 9.59 Å². The lowest BCUT2D eigenvalue weighted by Crippen LogP contribution is -2.29. The molecule has 1 N–H and O–H groups in total. The van der Waals surface area contributed by atoms with Crippen LogP contribution in [0.2, 0.25) is 0 Å². The fourth-order valence-corrected chi connectivity index (χ4v) is 3.55. The Morgan fingerprint density at radius 1 is 1.25 bits per heavy atom. The fourth-order valence-electron chi connectivity index (χ4n) is 2.94. The summed E-state index contributed by atoms with van der Waals surface area (Å²) in [6.45, 7) is 5.40. The van der Waals surface area contributed by atoms with Gasteiger partial charge in [0.25, 0.3) is 5.91 Å². The van der Waals surface area contributed by atoms with Crippen molar-refractivity contribution in [3.05, 3.63) is 45.4 Å². The van der Waals surface area contributed by atoms with Crippen LogP contribution in [0.4, 0.5) is 5.69 Å². The minimum Gasteiger partial charge on any atom is -0.339 e. The summed E-state index contributed by atoms with van der Waals surface area (Å²) in [6, 6.07) is 5.55. The molecule has 0 radical (unpaired) electrons. The van der Waals surface area contributed by atoms with Crippen LogP contribution in [-0.4, -0.2) is 34.8 Å². The molecule has 1 aliphatic heterocycles. The summed E-state index contributed by atoms with van der Waals surface area (Å²) in [5.74, 6) is -0.152. The number of hydrogen-bond acceptors (Lipinski definition) is 4. The van der Waals surface area contributed by atoms with Crippen molar-refractivity contribution in [3.8, 4) is 0 Å². The quantitative estimate of drug-likeness (QED) is 0.927. The molecule has 24 heavy (non-hydrogen) atoms. The lowest BCUT2D eigenvalue weighted by molar-refractivity contribution is -0.115. The van der Waals surface area contributed by atoms with Crippen molar-refractivity contribution in [2.24, 2.45) is 0 Å². The highest BCUT2D eigenvalue weighted by molar-refractivity contribution is 7.09. The van der Waals surface area contributed by atoms with Gasteiger partial charge in [0, 0.05) is 18.5 Å². The second-order valence-electron chi connectivity index (χ2n) is 6.08.